The van der Waals surface area contributed by atoms with Gasteiger partial charge in [0.25, 0.3) is 5.91 Å². The molecule has 17 heavy (non-hydrogen) atoms. The Hall–Kier alpha value is -1.78. The first kappa shape index (κ1) is 10.4. The van der Waals surface area contributed by atoms with Crippen LogP contribution in [0.15, 0.2) is 27.8 Å². The van der Waals surface area contributed by atoms with Crippen molar-refractivity contribution in [1.82, 2.24) is 4.90 Å². The fourth-order valence-electron chi connectivity index (χ4n) is 2.31. The molecule has 3 heterocycles. The first-order valence-electron chi connectivity index (χ1n) is 5.85. The van der Waals surface area contributed by atoms with Crippen LogP contribution < -0.4 is 0 Å². The normalized spacial score (nSPS) is 27.4. The summed E-state index contributed by atoms with van der Waals surface area (Å²) < 4.78 is 10.6. The maximum absolute atomic E-state index is 12.2. The molecular weight excluding hydrogens is 220 g/mol. The molecule has 1 aromatic heterocycles. The molecular formula is C12H14N2O3. The first-order chi connectivity index (χ1) is 8.36. The zero-order valence-corrected chi connectivity index (χ0v) is 9.41. The van der Waals surface area contributed by atoms with Crippen LogP contribution in [0.3, 0.4) is 0 Å². The minimum absolute atomic E-state index is 0.0395. The van der Waals surface area contributed by atoms with Crippen LogP contribution in [0.1, 0.15) is 24.7 Å². The fourth-order valence-corrected chi connectivity index (χ4v) is 2.31. The van der Waals surface area contributed by atoms with Crippen molar-refractivity contribution in [3.05, 3.63) is 24.2 Å². The predicted octanol–water partition coefficient (Wildman–Crippen LogP) is 1.37. The monoisotopic (exact) mass is 234 g/mol. The molecule has 1 amide bonds. The number of rotatable bonds is 2. The van der Waals surface area contributed by atoms with Crippen molar-refractivity contribution in [2.24, 2.45) is 4.99 Å². The molecule has 2 atom stereocenters. The van der Waals surface area contributed by atoms with E-state index in [4.69, 9.17) is 9.15 Å². The Morgan fingerprint density at radius 3 is 2.94 bits per heavy atom. The van der Waals surface area contributed by atoms with Gasteiger partial charge in [-0.1, -0.05) is 0 Å². The van der Waals surface area contributed by atoms with E-state index < -0.39 is 12.1 Å². The molecule has 1 unspecified atom stereocenters. The Balaban J connectivity index is 1.77. The van der Waals surface area contributed by atoms with Gasteiger partial charge in [-0.2, -0.15) is 0 Å². The molecule has 0 aliphatic carbocycles. The summed E-state index contributed by atoms with van der Waals surface area (Å²) in [5.41, 5.74) is 0. The van der Waals surface area contributed by atoms with Crippen molar-refractivity contribution in [3.63, 3.8) is 0 Å². The lowest BCUT2D eigenvalue weighted by Crippen LogP contribution is -2.38. The Kier molecular flexibility index (Phi) is 2.59. The van der Waals surface area contributed by atoms with E-state index in [2.05, 4.69) is 4.99 Å². The Bertz CT molecular complexity index is 421. The quantitative estimate of drug-likeness (QED) is 0.776. The maximum atomic E-state index is 12.2. The Labute approximate surface area is 99.1 Å². The first-order valence-corrected chi connectivity index (χ1v) is 5.85. The average Bonchev–Trinajstić information content (AvgIpc) is 3.09. The number of aliphatic imine (C=N–C) groups is 1. The van der Waals surface area contributed by atoms with Crippen LogP contribution in [0.2, 0.25) is 0 Å². The molecule has 0 radical (unpaired) electrons. The molecule has 5 nitrogen and oxygen atoms in total. The SMILES string of the molecule is O=C([C@H]1N=COC1c1ccco1)N1CCCC1. The van der Waals surface area contributed by atoms with Crippen LogP contribution in [0.4, 0.5) is 0 Å². The lowest BCUT2D eigenvalue weighted by Gasteiger charge is -2.21. The van der Waals surface area contributed by atoms with Gasteiger partial charge >= 0.3 is 0 Å². The average molecular weight is 234 g/mol. The number of ether oxygens (including phenoxy) is 1. The van der Waals surface area contributed by atoms with Gasteiger partial charge in [-0.05, 0) is 25.0 Å². The van der Waals surface area contributed by atoms with Gasteiger partial charge in [0.05, 0.1) is 6.26 Å². The number of hydrogen-bond acceptors (Lipinski definition) is 4. The molecule has 2 aliphatic rings. The zero-order chi connectivity index (χ0) is 11.7. The number of carbonyl (C=O) groups excluding carboxylic acids is 1. The molecule has 3 rings (SSSR count). The second-order valence-corrected chi connectivity index (χ2v) is 4.30. The van der Waals surface area contributed by atoms with E-state index in [0.717, 1.165) is 25.9 Å². The van der Waals surface area contributed by atoms with Crippen molar-refractivity contribution in [1.29, 1.82) is 0 Å². The second kappa shape index (κ2) is 4.24. The summed E-state index contributed by atoms with van der Waals surface area (Å²) in [5.74, 6) is 0.692. The lowest BCUT2D eigenvalue weighted by atomic mass is 10.1. The van der Waals surface area contributed by atoms with Crippen LogP contribution >= 0.6 is 0 Å². The van der Waals surface area contributed by atoms with Crippen LogP contribution in [-0.2, 0) is 9.53 Å². The molecule has 2 aliphatic heterocycles. The highest BCUT2D eigenvalue weighted by Gasteiger charge is 2.38. The van der Waals surface area contributed by atoms with Gasteiger partial charge in [-0.15, -0.1) is 0 Å². The third-order valence-corrected chi connectivity index (χ3v) is 3.21. The third-order valence-electron chi connectivity index (χ3n) is 3.21. The van der Waals surface area contributed by atoms with E-state index in [1.54, 1.807) is 12.3 Å². The second-order valence-electron chi connectivity index (χ2n) is 4.30. The standard InChI is InChI=1S/C12H14N2O3/c15-12(14-5-1-2-6-14)10-11(17-8-13-10)9-4-3-7-16-9/h3-4,7-8,10-11H,1-2,5-6H2/t10-,11?/m0/s1. The summed E-state index contributed by atoms with van der Waals surface area (Å²) in [5, 5.41) is 0. The van der Waals surface area contributed by atoms with E-state index in [9.17, 15) is 4.79 Å². The minimum atomic E-state index is -0.487. The largest absolute Gasteiger partial charge is 0.470 e. The van der Waals surface area contributed by atoms with Gasteiger partial charge < -0.3 is 14.1 Å². The number of furan rings is 1. The topological polar surface area (TPSA) is 55.0 Å². The van der Waals surface area contributed by atoms with Gasteiger partial charge in [0.2, 0.25) is 0 Å². The predicted molar refractivity (Wildman–Crippen MR) is 60.6 cm³/mol. The third kappa shape index (κ3) is 1.81. The van der Waals surface area contributed by atoms with E-state index >= 15 is 0 Å². The minimum Gasteiger partial charge on any atom is -0.470 e. The summed E-state index contributed by atoms with van der Waals surface area (Å²) in [6.07, 6.45) is 4.68. The van der Waals surface area contributed by atoms with Crippen LogP contribution in [0.25, 0.3) is 0 Å². The van der Waals surface area contributed by atoms with Crippen molar-refractivity contribution in [3.8, 4) is 0 Å². The highest BCUT2D eigenvalue weighted by molar-refractivity contribution is 5.85. The van der Waals surface area contributed by atoms with Gasteiger partial charge in [-0.3, -0.25) is 4.79 Å². The summed E-state index contributed by atoms with van der Waals surface area (Å²) in [6.45, 7) is 1.66. The fraction of sp³-hybridized carbons (Fsp3) is 0.500. The molecule has 90 valence electrons. The van der Waals surface area contributed by atoms with E-state index in [-0.39, 0.29) is 5.91 Å². The summed E-state index contributed by atoms with van der Waals surface area (Å²) in [7, 11) is 0. The molecule has 0 N–H and O–H groups in total. The van der Waals surface area contributed by atoms with E-state index in [1.807, 2.05) is 11.0 Å². The molecule has 1 fully saturated rings. The van der Waals surface area contributed by atoms with Crippen molar-refractivity contribution < 1.29 is 13.9 Å². The summed E-state index contributed by atoms with van der Waals surface area (Å²) in [6, 6.07) is 3.11. The Morgan fingerprint density at radius 1 is 1.41 bits per heavy atom. The number of likely N-dealkylation sites (tertiary alicyclic amines) is 1. The number of nitrogens with zero attached hydrogens (tertiary/aromatic N) is 2. The molecule has 0 saturated carbocycles. The summed E-state index contributed by atoms with van der Waals surface area (Å²) >= 11 is 0. The summed E-state index contributed by atoms with van der Waals surface area (Å²) in [4.78, 5) is 18.2. The zero-order valence-electron chi connectivity index (χ0n) is 9.41. The van der Waals surface area contributed by atoms with Crippen molar-refractivity contribution in [2.75, 3.05) is 13.1 Å². The van der Waals surface area contributed by atoms with Crippen LogP contribution in [0.5, 0.6) is 0 Å². The Morgan fingerprint density at radius 2 is 2.24 bits per heavy atom. The van der Waals surface area contributed by atoms with E-state index in [0.29, 0.717) is 5.76 Å². The molecule has 0 aromatic carbocycles. The van der Waals surface area contributed by atoms with Crippen LogP contribution in [-0.4, -0.2) is 36.3 Å². The van der Waals surface area contributed by atoms with E-state index in [1.165, 1.54) is 6.40 Å². The molecule has 1 aromatic rings. The smallest absolute Gasteiger partial charge is 0.251 e. The van der Waals surface area contributed by atoms with Gasteiger partial charge in [0, 0.05) is 13.1 Å². The van der Waals surface area contributed by atoms with Gasteiger partial charge in [-0.25, -0.2) is 4.99 Å². The highest BCUT2D eigenvalue weighted by Crippen LogP contribution is 2.29. The highest BCUT2D eigenvalue weighted by atomic mass is 16.5. The molecule has 0 spiro atoms. The van der Waals surface area contributed by atoms with Crippen molar-refractivity contribution in [2.45, 2.75) is 25.0 Å². The molecule has 0 bridgehead atoms. The van der Waals surface area contributed by atoms with Crippen molar-refractivity contribution >= 4 is 12.3 Å². The van der Waals surface area contributed by atoms with Gasteiger partial charge in [0.1, 0.15) is 5.76 Å². The lowest BCUT2D eigenvalue weighted by molar-refractivity contribution is -0.133. The van der Waals surface area contributed by atoms with Gasteiger partial charge in [0.15, 0.2) is 18.5 Å². The molecule has 5 heteroatoms. The number of carbonyl (C=O) groups is 1. The molecule has 1 saturated heterocycles. The number of hydrogen-bond donors (Lipinski definition) is 0. The van der Waals surface area contributed by atoms with Crippen LogP contribution in [0, 0.1) is 0 Å². The maximum Gasteiger partial charge on any atom is 0.251 e. The number of amides is 1.